The molecule has 4 nitrogen and oxygen atoms in total. The zero-order valence-electron chi connectivity index (χ0n) is 21.9. The Morgan fingerprint density at radius 2 is 1.03 bits per heavy atom. The average molecular weight is 463 g/mol. The summed E-state index contributed by atoms with van der Waals surface area (Å²) in [4.78, 5) is 28.7. The van der Waals surface area contributed by atoms with Gasteiger partial charge in [-0.2, -0.15) is 0 Å². The molecule has 0 N–H and O–H groups in total. The van der Waals surface area contributed by atoms with Crippen molar-refractivity contribution in [2.24, 2.45) is 0 Å². The summed E-state index contributed by atoms with van der Waals surface area (Å²) in [5.41, 5.74) is 4.90. The summed E-state index contributed by atoms with van der Waals surface area (Å²) < 4.78 is 0. The fraction of sp³-hybridized carbons (Fsp3) is 0.533. The molecule has 0 spiro atoms. The molecule has 0 heterocycles. The number of carbonyl (C=O) groups is 2. The monoisotopic (exact) mass is 462 g/mol. The molecule has 2 aromatic rings. The highest BCUT2D eigenvalue weighted by atomic mass is 16.1. The van der Waals surface area contributed by atoms with Crippen LogP contribution in [0.3, 0.4) is 0 Å². The van der Waals surface area contributed by atoms with Crippen LogP contribution in [0.4, 0.5) is 0 Å². The van der Waals surface area contributed by atoms with Gasteiger partial charge >= 0.3 is 0 Å². The predicted molar refractivity (Wildman–Crippen MR) is 140 cm³/mol. The Kier molecular flexibility index (Phi) is 8.22. The molecule has 1 fully saturated rings. The van der Waals surface area contributed by atoms with Crippen molar-refractivity contribution in [1.29, 1.82) is 0 Å². The number of rotatable bonds is 8. The molecule has 0 bridgehead atoms. The van der Waals surface area contributed by atoms with Gasteiger partial charge in [-0.3, -0.25) is 9.59 Å². The zero-order valence-corrected chi connectivity index (χ0v) is 21.9. The highest BCUT2D eigenvalue weighted by Crippen LogP contribution is 2.32. The third kappa shape index (κ3) is 6.08. The van der Waals surface area contributed by atoms with E-state index in [1.807, 2.05) is 21.9 Å². The van der Waals surface area contributed by atoms with E-state index in [0.717, 1.165) is 38.5 Å². The summed E-state index contributed by atoms with van der Waals surface area (Å²) in [6, 6.07) is 16.9. The molecule has 2 atom stereocenters. The minimum atomic E-state index is 0.00259. The van der Waals surface area contributed by atoms with Crippen LogP contribution in [0.2, 0.25) is 0 Å². The Morgan fingerprint density at radius 3 is 1.35 bits per heavy atom. The normalized spacial score (nSPS) is 18.9. The highest BCUT2D eigenvalue weighted by molar-refractivity contribution is 5.52. The summed E-state index contributed by atoms with van der Waals surface area (Å²) in [6.07, 6.45) is 6.00. The summed E-state index contributed by atoms with van der Waals surface area (Å²) in [5.74, 6) is 0. The lowest BCUT2D eigenvalue weighted by Gasteiger charge is -2.43. The zero-order chi connectivity index (χ0) is 24.9. The third-order valence-electron chi connectivity index (χ3n) is 7.17. The number of hydrogen-bond acceptors (Lipinski definition) is 2. The van der Waals surface area contributed by atoms with Gasteiger partial charge in [-0.15, -0.1) is 0 Å². The van der Waals surface area contributed by atoms with E-state index < -0.39 is 0 Å². The minimum Gasteiger partial charge on any atom is -0.336 e. The van der Waals surface area contributed by atoms with Gasteiger partial charge in [0.25, 0.3) is 0 Å². The van der Waals surface area contributed by atoms with Crippen LogP contribution in [-0.2, 0) is 33.5 Å². The molecule has 34 heavy (non-hydrogen) atoms. The van der Waals surface area contributed by atoms with Crippen LogP contribution in [0.15, 0.2) is 48.5 Å². The molecule has 3 rings (SSSR count). The lowest BCUT2D eigenvalue weighted by molar-refractivity contribution is -0.129. The SMILES string of the molecule is CC(C)(C)c1ccccc1CN(C=O)[C@@H]1CCCC[C@H]1N(C=O)Cc1ccccc1C(C)(C)C. The van der Waals surface area contributed by atoms with Crippen molar-refractivity contribution in [2.45, 2.75) is 103 Å². The molecular formula is C30H42N2O2. The van der Waals surface area contributed by atoms with Crippen molar-refractivity contribution in [1.82, 2.24) is 9.80 Å². The van der Waals surface area contributed by atoms with Crippen molar-refractivity contribution in [3.63, 3.8) is 0 Å². The van der Waals surface area contributed by atoms with Gasteiger partial charge in [0.1, 0.15) is 0 Å². The molecular weight excluding hydrogens is 420 g/mol. The molecule has 2 amide bonds. The first-order valence-electron chi connectivity index (χ1n) is 12.6. The molecule has 2 aromatic carbocycles. The van der Waals surface area contributed by atoms with Crippen LogP contribution in [-0.4, -0.2) is 34.7 Å². The predicted octanol–water partition coefficient (Wildman–Crippen LogP) is 6.21. The number of nitrogens with zero attached hydrogens (tertiary/aromatic N) is 2. The molecule has 1 aliphatic rings. The number of carbonyl (C=O) groups excluding carboxylic acids is 2. The highest BCUT2D eigenvalue weighted by Gasteiger charge is 2.34. The number of amides is 2. The topological polar surface area (TPSA) is 40.6 Å². The van der Waals surface area contributed by atoms with Gasteiger partial charge in [0.2, 0.25) is 12.8 Å². The van der Waals surface area contributed by atoms with E-state index >= 15 is 0 Å². The maximum absolute atomic E-state index is 12.4. The standard InChI is InChI=1S/C30H42N2O2/c1-29(2,3)25-15-9-7-13-23(25)19-31(21-33)27-17-11-12-18-28(27)32(22-34)20-24-14-8-10-16-26(24)30(4,5)6/h7-10,13-16,21-22,27-28H,11-12,17-20H2,1-6H3/t27-,28-/m1/s1. The fourth-order valence-electron chi connectivity index (χ4n) is 5.50. The largest absolute Gasteiger partial charge is 0.336 e. The maximum atomic E-state index is 12.4. The summed E-state index contributed by atoms with van der Waals surface area (Å²) in [6.45, 7) is 14.4. The molecule has 0 aromatic heterocycles. The lowest BCUT2D eigenvalue weighted by atomic mass is 9.82. The van der Waals surface area contributed by atoms with E-state index in [4.69, 9.17) is 0 Å². The van der Waals surface area contributed by atoms with Gasteiger partial charge in [-0.1, -0.05) is 103 Å². The second kappa shape index (κ2) is 10.8. The first kappa shape index (κ1) is 26.0. The van der Waals surface area contributed by atoms with E-state index in [2.05, 4.69) is 77.9 Å². The van der Waals surface area contributed by atoms with Crippen LogP contribution in [0.1, 0.15) is 89.5 Å². The first-order chi connectivity index (χ1) is 16.1. The number of benzene rings is 2. The molecule has 184 valence electrons. The molecule has 0 unspecified atom stereocenters. The molecule has 1 saturated carbocycles. The Bertz CT molecular complexity index is 891. The summed E-state index contributed by atoms with van der Waals surface area (Å²) in [7, 11) is 0. The van der Waals surface area contributed by atoms with Crippen molar-refractivity contribution >= 4 is 12.8 Å². The van der Waals surface area contributed by atoms with Crippen LogP contribution < -0.4 is 0 Å². The maximum Gasteiger partial charge on any atom is 0.210 e. The van der Waals surface area contributed by atoms with E-state index in [1.54, 1.807) is 0 Å². The van der Waals surface area contributed by atoms with Crippen molar-refractivity contribution in [3.05, 3.63) is 70.8 Å². The molecule has 0 radical (unpaired) electrons. The van der Waals surface area contributed by atoms with Gasteiger partial charge in [-0.05, 0) is 45.9 Å². The first-order valence-corrected chi connectivity index (χ1v) is 12.6. The van der Waals surface area contributed by atoms with E-state index in [1.165, 1.54) is 22.3 Å². The smallest absolute Gasteiger partial charge is 0.210 e. The second-order valence-corrected chi connectivity index (χ2v) is 11.8. The van der Waals surface area contributed by atoms with Crippen molar-refractivity contribution in [2.75, 3.05) is 0 Å². The Labute approximate surface area is 206 Å². The minimum absolute atomic E-state index is 0.00259. The van der Waals surface area contributed by atoms with Gasteiger partial charge in [0, 0.05) is 13.1 Å². The average Bonchev–Trinajstić information content (AvgIpc) is 2.80. The molecule has 0 aliphatic heterocycles. The lowest BCUT2D eigenvalue weighted by Crippen LogP contribution is -2.52. The van der Waals surface area contributed by atoms with Crippen molar-refractivity contribution in [3.8, 4) is 0 Å². The Morgan fingerprint density at radius 1 is 0.676 bits per heavy atom. The van der Waals surface area contributed by atoms with E-state index in [-0.39, 0.29) is 22.9 Å². The fourth-order valence-corrected chi connectivity index (χ4v) is 5.50. The van der Waals surface area contributed by atoms with Gasteiger partial charge in [-0.25, -0.2) is 0 Å². The Balaban J connectivity index is 1.88. The third-order valence-corrected chi connectivity index (χ3v) is 7.17. The van der Waals surface area contributed by atoms with Gasteiger partial charge in [0.15, 0.2) is 0 Å². The van der Waals surface area contributed by atoms with Crippen LogP contribution in [0, 0.1) is 0 Å². The van der Waals surface area contributed by atoms with E-state index in [0.29, 0.717) is 13.1 Å². The van der Waals surface area contributed by atoms with Crippen molar-refractivity contribution < 1.29 is 9.59 Å². The Hall–Kier alpha value is -2.62. The van der Waals surface area contributed by atoms with Gasteiger partial charge < -0.3 is 9.80 Å². The number of hydrogen-bond donors (Lipinski definition) is 0. The summed E-state index contributed by atoms with van der Waals surface area (Å²) >= 11 is 0. The van der Waals surface area contributed by atoms with Gasteiger partial charge in [0.05, 0.1) is 12.1 Å². The molecule has 1 aliphatic carbocycles. The molecule has 0 saturated heterocycles. The second-order valence-electron chi connectivity index (χ2n) is 11.8. The van der Waals surface area contributed by atoms with Crippen LogP contribution in [0.25, 0.3) is 0 Å². The quantitative estimate of drug-likeness (QED) is 0.438. The molecule has 4 heteroatoms. The van der Waals surface area contributed by atoms with E-state index in [9.17, 15) is 9.59 Å². The summed E-state index contributed by atoms with van der Waals surface area (Å²) in [5, 5.41) is 0. The van der Waals surface area contributed by atoms with Crippen LogP contribution >= 0.6 is 0 Å². The van der Waals surface area contributed by atoms with Crippen LogP contribution in [0.5, 0.6) is 0 Å².